The van der Waals surface area contributed by atoms with Gasteiger partial charge in [0.1, 0.15) is 23.6 Å². The van der Waals surface area contributed by atoms with E-state index in [1.54, 1.807) is 80.0 Å². The Morgan fingerprint density at radius 2 is 1.62 bits per heavy atom. The van der Waals surface area contributed by atoms with Crippen LogP contribution in [0.15, 0.2) is 42.5 Å². The average molecular weight is 852 g/mol. The molecule has 338 valence electrons. The van der Waals surface area contributed by atoms with Crippen LogP contribution in [0.25, 0.3) is 0 Å². The summed E-state index contributed by atoms with van der Waals surface area (Å²) in [5, 5.41) is 47.4. The van der Waals surface area contributed by atoms with Crippen molar-refractivity contribution in [2.45, 2.75) is 141 Å². The second kappa shape index (κ2) is 20.0. The molecule has 2 aliphatic heterocycles. The predicted molar refractivity (Wildman–Crippen MR) is 221 cm³/mol. The standard InChI is InChI=1S/C44H67F2N3O11/c1-13-34-44(8,55)38(51)28(6)47(9)23-24(2)22-43(7,54)39(26(4)35(50)27(5)40(52)59-34)60-41-37(58-30-20-31(45)36(56-12)32(46)21-30)33(19-25(3)57-41)49(11)42(53)48(10)29-17-15-14-16-18-29/h14-18,20-21,24-28,33-35,37-39,41,50-51,54-55H,13,19,22-23H2,1-12H3/t24-,25-,26+,27-,28-,33+,34-,35+,37-,38-,39-,41+,43-,44-/m1/s1. The van der Waals surface area contributed by atoms with Gasteiger partial charge in [0.15, 0.2) is 29.8 Å². The van der Waals surface area contributed by atoms with Crippen molar-refractivity contribution >= 4 is 17.7 Å². The van der Waals surface area contributed by atoms with Crippen LogP contribution < -0.4 is 14.4 Å². The normalized spacial score (nSPS) is 36.3. The van der Waals surface area contributed by atoms with Gasteiger partial charge in [0, 0.05) is 50.4 Å². The molecule has 2 fully saturated rings. The number of aliphatic hydroxyl groups is 4. The van der Waals surface area contributed by atoms with Crippen molar-refractivity contribution in [3.05, 3.63) is 54.1 Å². The highest BCUT2D eigenvalue weighted by molar-refractivity contribution is 5.91. The molecule has 2 saturated heterocycles. The first-order valence-corrected chi connectivity index (χ1v) is 20.7. The van der Waals surface area contributed by atoms with Crippen LogP contribution in [0.2, 0.25) is 0 Å². The van der Waals surface area contributed by atoms with Crippen LogP contribution in [0, 0.1) is 29.4 Å². The zero-order valence-electron chi connectivity index (χ0n) is 37.0. The van der Waals surface area contributed by atoms with Crippen molar-refractivity contribution in [3.63, 3.8) is 0 Å². The van der Waals surface area contributed by atoms with Crippen LogP contribution in [0.5, 0.6) is 11.5 Å². The zero-order chi connectivity index (χ0) is 45.0. The number of urea groups is 1. The van der Waals surface area contributed by atoms with E-state index < -0.39 is 107 Å². The molecule has 0 spiro atoms. The minimum absolute atomic E-state index is 0.0844. The molecule has 0 radical (unpaired) electrons. The number of methoxy groups -OCH3 is 1. The maximum Gasteiger partial charge on any atom is 0.324 e. The predicted octanol–water partition coefficient (Wildman–Crippen LogP) is 4.98. The van der Waals surface area contributed by atoms with Crippen LogP contribution in [0.1, 0.15) is 74.7 Å². The number of carbonyl (C=O) groups excluding carboxylic acids is 2. The molecule has 0 unspecified atom stereocenters. The van der Waals surface area contributed by atoms with E-state index in [4.69, 9.17) is 23.7 Å². The molecule has 14 atom stereocenters. The van der Waals surface area contributed by atoms with E-state index in [0.29, 0.717) is 12.2 Å². The van der Waals surface area contributed by atoms with Crippen LogP contribution in [-0.4, -0.2) is 143 Å². The van der Waals surface area contributed by atoms with E-state index in [1.807, 2.05) is 17.9 Å². The molecule has 2 amide bonds. The molecule has 14 nitrogen and oxygen atoms in total. The molecule has 2 aromatic carbocycles. The lowest BCUT2D eigenvalue weighted by atomic mass is 9.78. The molecule has 0 bridgehead atoms. The van der Waals surface area contributed by atoms with Crippen molar-refractivity contribution in [2.24, 2.45) is 17.8 Å². The van der Waals surface area contributed by atoms with E-state index in [1.165, 1.54) is 23.6 Å². The monoisotopic (exact) mass is 851 g/mol. The van der Waals surface area contributed by atoms with Crippen molar-refractivity contribution in [1.29, 1.82) is 0 Å². The smallest absolute Gasteiger partial charge is 0.324 e. The first-order valence-electron chi connectivity index (χ1n) is 20.7. The van der Waals surface area contributed by atoms with Gasteiger partial charge in [0.25, 0.3) is 0 Å². The lowest BCUT2D eigenvalue weighted by molar-refractivity contribution is -0.293. The van der Waals surface area contributed by atoms with Gasteiger partial charge >= 0.3 is 12.0 Å². The first kappa shape index (κ1) is 49.0. The Balaban J connectivity index is 1.82. The van der Waals surface area contributed by atoms with Gasteiger partial charge in [-0.2, -0.15) is 0 Å². The SMILES string of the molecule is CC[C@H]1OC(=O)[C@H](C)[C@@H](O)[C@H](C)[C@@H](O[C@@H]2O[C@H](C)C[C@H](N(C)C(=O)N(C)c3ccccc3)[C@H]2Oc2cc(F)c(OC)c(F)c2)[C@](C)(O)C[C@@H](C)CN(C)[C@H](C)[C@@H](O)[C@]1(C)O. The highest BCUT2D eigenvalue weighted by atomic mass is 19.1. The molecule has 16 heteroatoms. The molecule has 4 rings (SSSR count). The number of amides is 2. The summed E-state index contributed by atoms with van der Waals surface area (Å²) in [5.74, 6) is -6.26. The van der Waals surface area contributed by atoms with Crippen molar-refractivity contribution in [1.82, 2.24) is 9.80 Å². The summed E-state index contributed by atoms with van der Waals surface area (Å²) in [4.78, 5) is 32.6. The number of hydrogen-bond acceptors (Lipinski definition) is 12. The number of esters is 1. The van der Waals surface area contributed by atoms with E-state index in [0.717, 1.165) is 19.2 Å². The van der Waals surface area contributed by atoms with Crippen molar-refractivity contribution in [2.75, 3.05) is 39.7 Å². The molecule has 0 aliphatic carbocycles. The molecule has 0 saturated carbocycles. The number of cyclic esters (lactones) is 1. The Labute approximate surface area is 353 Å². The third kappa shape index (κ3) is 10.9. The second-order valence-corrected chi connectivity index (χ2v) is 17.5. The Hall–Kier alpha value is -3.64. The highest BCUT2D eigenvalue weighted by Gasteiger charge is 2.51. The summed E-state index contributed by atoms with van der Waals surface area (Å²) in [7, 11) is 6.10. The summed E-state index contributed by atoms with van der Waals surface area (Å²) in [6.45, 7) is 13.5. The van der Waals surface area contributed by atoms with Gasteiger partial charge in [-0.3, -0.25) is 9.69 Å². The maximum atomic E-state index is 15.1. The molecule has 4 N–H and O–H groups in total. The van der Waals surface area contributed by atoms with Crippen molar-refractivity contribution in [3.8, 4) is 11.5 Å². The zero-order valence-corrected chi connectivity index (χ0v) is 37.0. The summed E-state index contributed by atoms with van der Waals surface area (Å²) in [5.41, 5.74) is -2.99. The van der Waals surface area contributed by atoms with Crippen LogP contribution in [-0.2, 0) is 19.0 Å². The number of halogens is 2. The van der Waals surface area contributed by atoms with Gasteiger partial charge in [0.05, 0.1) is 43.0 Å². The molecule has 0 aromatic heterocycles. The highest BCUT2D eigenvalue weighted by Crippen LogP contribution is 2.39. The molecule has 2 aliphatic rings. The fourth-order valence-electron chi connectivity index (χ4n) is 8.82. The summed E-state index contributed by atoms with van der Waals surface area (Å²) < 4.78 is 60.5. The van der Waals surface area contributed by atoms with Gasteiger partial charge in [-0.25, -0.2) is 13.6 Å². The Morgan fingerprint density at radius 1 is 1.02 bits per heavy atom. The number of aliphatic hydroxyl groups excluding tert-OH is 2. The van der Waals surface area contributed by atoms with Gasteiger partial charge in [0.2, 0.25) is 0 Å². The minimum Gasteiger partial charge on any atom is -0.491 e. The molecular weight excluding hydrogens is 784 g/mol. The van der Waals surface area contributed by atoms with E-state index in [-0.39, 0.29) is 30.9 Å². The molecule has 2 aromatic rings. The summed E-state index contributed by atoms with van der Waals surface area (Å²) in [6, 6.07) is 8.97. The Kier molecular flexibility index (Phi) is 16.4. The number of ether oxygens (including phenoxy) is 5. The van der Waals surface area contributed by atoms with Gasteiger partial charge in [-0.05, 0) is 79.0 Å². The number of nitrogens with zero attached hydrogens (tertiary/aromatic N) is 3. The fourth-order valence-corrected chi connectivity index (χ4v) is 8.82. The fraction of sp³-hybridized carbons (Fsp3) is 0.682. The molecule has 2 heterocycles. The number of anilines is 1. The number of rotatable bonds is 8. The number of likely N-dealkylation sites (N-methyl/N-ethyl adjacent to an activating group) is 2. The quantitative estimate of drug-likeness (QED) is 0.264. The largest absolute Gasteiger partial charge is 0.491 e. The Morgan fingerprint density at radius 3 is 2.18 bits per heavy atom. The number of carbonyl (C=O) groups is 2. The minimum atomic E-state index is -1.85. The van der Waals surface area contributed by atoms with Crippen LogP contribution >= 0.6 is 0 Å². The number of benzene rings is 2. The molecule has 60 heavy (non-hydrogen) atoms. The number of para-hydroxylation sites is 1. The van der Waals surface area contributed by atoms with Crippen LogP contribution in [0.4, 0.5) is 19.3 Å². The maximum absolute atomic E-state index is 15.1. The van der Waals surface area contributed by atoms with E-state index in [9.17, 15) is 30.0 Å². The van der Waals surface area contributed by atoms with Gasteiger partial charge in [-0.15, -0.1) is 0 Å². The lowest BCUT2D eigenvalue weighted by Gasteiger charge is -2.48. The second-order valence-electron chi connectivity index (χ2n) is 17.5. The van der Waals surface area contributed by atoms with Crippen molar-refractivity contribution < 1.29 is 62.5 Å². The number of hydrogen-bond donors (Lipinski definition) is 4. The van der Waals surface area contributed by atoms with Gasteiger partial charge in [-0.1, -0.05) is 39.0 Å². The summed E-state index contributed by atoms with van der Waals surface area (Å²) >= 11 is 0. The average Bonchev–Trinajstić information content (AvgIpc) is 3.19. The lowest BCUT2D eigenvalue weighted by Crippen LogP contribution is -2.62. The van der Waals surface area contributed by atoms with Gasteiger partial charge < -0.3 is 53.9 Å². The third-order valence-electron chi connectivity index (χ3n) is 12.5. The Bertz CT molecular complexity index is 1710. The van der Waals surface area contributed by atoms with Crippen LogP contribution in [0.3, 0.4) is 0 Å². The van der Waals surface area contributed by atoms with E-state index >= 15 is 8.78 Å². The third-order valence-corrected chi connectivity index (χ3v) is 12.5. The van der Waals surface area contributed by atoms with E-state index in [2.05, 4.69) is 0 Å². The topological polar surface area (TPSA) is 171 Å². The summed E-state index contributed by atoms with van der Waals surface area (Å²) in [6.07, 6.45) is -8.08. The first-order chi connectivity index (χ1) is 28.0. The molecular formula is C44H67F2N3O11.